The van der Waals surface area contributed by atoms with E-state index in [1.165, 1.54) is 44.6 Å². The molecule has 19 heteroatoms. The molecule has 2 aromatic rings. The molecular formula is C42H48N4O15. The number of phenolic OH excluding ortho intramolecular Hbond substituents is 2. The van der Waals surface area contributed by atoms with Gasteiger partial charge >= 0.3 is 0 Å². The van der Waals surface area contributed by atoms with Crippen LogP contribution in [0.5, 0.6) is 17.2 Å². The van der Waals surface area contributed by atoms with Crippen LogP contribution in [0.15, 0.2) is 35.5 Å². The average molecular weight is 849 g/mol. The molecule has 0 saturated carbocycles. The minimum absolute atomic E-state index is 0.00322. The van der Waals surface area contributed by atoms with Gasteiger partial charge in [0.1, 0.15) is 29.0 Å². The Balaban J connectivity index is 1.08. The maximum absolute atomic E-state index is 14.2. The van der Waals surface area contributed by atoms with Crippen molar-refractivity contribution in [1.82, 2.24) is 15.2 Å². The van der Waals surface area contributed by atoms with E-state index in [2.05, 4.69) is 15.4 Å². The standard InChI is InChI=1S/C42H48N4O15/c1-20-39-23(45-14-15-58-41(57-3)40(45)61-39)16-30(59-20)60-25-18-42(55,26(19-47)43-44-27(48)10-5-4-6-13-46-28(49)11-12-29(46)50)17-22-32(25)38(54)34-33(36(22)52)35(51)21-8-7-9-24(56-2)31(21)37(34)53/h7-9,11-12,20,23,25,30,39-41,47,52,54-55H,4-6,10,13-19H2,1-3H3,(H,44,48)/b43-26+/t20-,23-,25-,30-,39+,40+,41-,42-/m0/s1. The van der Waals surface area contributed by atoms with Crippen molar-refractivity contribution in [3.63, 3.8) is 0 Å². The van der Waals surface area contributed by atoms with Crippen LogP contribution in [0.25, 0.3) is 0 Å². The summed E-state index contributed by atoms with van der Waals surface area (Å²) in [4.78, 5) is 68.0. The number of methoxy groups -OCH3 is 2. The van der Waals surface area contributed by atoms with Gasteiger partial charge in [0.25, 0.3) is 11.8 Å². The third kappa shape index (κ3) is 7.52. The lowest BCUT2D eigenvalue weighted by atomic mass is 9.71. The number of carbonyl (C=O) groups is 5. The number of ether oxygens (including phenoxy) is 6. The topological polar surface area (TPSA) is 253 Å². The van der Waals surface area contributed by atoms with Gasteiger partial charge in [-0.15, -0.1) is 0 Å². The van der Waals surface area contributed by atoms with Crippen molar-refractivity contribution >= 4 is 35.0 Å². The Morgan fingerprint density at radius 2 is 1.75 bits per heavy atom. The summed E-state index contributed by atoms with van der Waals surface area (Å²) in [5.74, 6) is -4.09. The van der Waals surface area contributed by atoms with Gasteiger partial charge in [0.05, 0.1) is 54.9 Å². The molecule has 0 spiro atoms. The van der Waals surface area contributed by atoms with Crippen LogP contribution < -0.4 is 10.2 Å². The number of aromatic hydroxyl groups is 2. The number of morpholine rings is 1. The van der Waals surface area contributed by atoms with E-state index in [4.69, 9.17) is 28.4 Å². The molecule has 326 valence electrons. The number of hydrogen-bond acceptors (Lipinski definition) is 17. The molecule has 2 aliphatic carbocycles. The number of unbranched alkanes of at least 4 members (excludes halogenated alkanes) is 2. The quantitative estimate of drug-likeness (QED) is 0.0531. The number of amides is 3. The monoisotopic (exact) mass is 848 g/mol. The Hall–Kier alpha value is -5.12. The fourth-order valence-corrected chi connectivity index (χ4v) is 9.41. The normalized spacial score (nSPS) is 29.6. The van der Waals surface area contributed by atoms with E-state index < -0.39 is 96.2 Å². The molecule has 6 aliphatic rings. The summed E-state index contributed by atoms with van der Waals surface area (Å²) in [6, 6.07) is 4.20. The molecule has 19 nitrogen and oxygen atoms in total. The van der Waals surface area contributed by atoms with Gasteiger partial charge in [0.15, 0.2) is 24.6 Å². The molecule has 4 heterocycles. The van der Waals surface area contributed by atoms with Crippen molar-refractivity contribution in [3.05, 3.63) is 63.7 Å². The predicted octanol–water partition coefficient (Wildman–Crippen LogP) is 1.10. The van der Waals surface area contributed by atoms with E-state index in [0.717, 1.165) is 4.90 Å². The number of nitrogens with one attached hydrogen (secondary N) is 1. The fraction of sp³-hybridized carbons (Fsp3) is 0.524. The summed E-state index contributed by atoms with van der Waals surface area (Å²) in [6.45, 7) is 2.11. The first-order valence-corrected chi connectivity index (χ1v) is 20.3. The molecule has 3 saturated heterocycles. The second-order valence-electron chi connectivity index (χ2n) is 15.9. The van der Waals surface area contributed by atoms with Gasteiger partial charge in [0.2, 0.25) is 11.7 Å². The van der Waals surface area contributed by atoms with Crippen molar-refractivity contribution in [3.8, 4) is 17.2 Å². The van der Waals surface area contributed by atoms with Gasteiger partial charge in [-0.1, -0.05) is 18.6 Å². The molecule has 0 radical (unpaired) electrons. The molecule has 0 bridgehead atoms. The van der Waals surface area contributed by atoms with Crippen LogP contribution in [0.4, 0.5) is 0 Å². The number of rotatable bonds is 13. The third-order valence-electron chi connectivity index (χ3n) is 12.4. The minimum Gasteiger partial charge on any atom is -0.507 e. The Bertz CT molecular complexity index is 2190. The van der Waals surface area contributed by atoms with E-state index in [-0.39, 0.29) is 77.1 Å². The van der Waals surface area contributed by atoms with E-state index >= 15 is 0 Å². The van der Waals surface area contributed by atoms with Gasteiger partial charge in [-0.05, 0) is 25.8 Å². The van der Waals surface area contributed by atoms with E-state index in [1.54, 1.807) is 0 Å². The smallest absolute Gasteiger partial charge is 0.253 e. The highest BCUT2D eigenvalue weighted by atomic mass is 16.7. The van der Waals surface area contributed by atoms with Crippen LogP contribution in [0, 0.1) is 0 Å². The van der Waals surface area contributed by atoms with E-state index in [1.807, 2.05) is 6.92 Å². The van der Waals surface area contributed by atoms with Crippen molar-refractivity contribution < 1.29 is 72.8 Å². The molecule has 2 aromatic carbocycles. The first-order chi connectivity index (χ1) is 29.3. The number of phenols is 2. The van der Waals surface area contributed by atoms with Crippen molar-refractivity contribution in [2.45, 2.75) is 101 Å². The van der Waals surface area contributed by atoms with Crippen molar-refractivity contribution in [2.24, 2.45) is 5.10 Å². The lowest BCUT2D eigenvalue weighted by Gasteiger charge is -2.44. The molecule has 4 aliphatic heterocycles. The molecule has 0 aromatic heterocycles. The fourth-order valence-electron chi connectivity index (χ4n) is 9.41. The van der Waals surface area contributed by atoms with Crippen LogP contribution in [-0.4, -0.2) is 148 Å². The number of ketones is 2. The van der Waals surface area contributed by atoms with Gasteiger partial charge in [0, 0.05) is 80.8 Å². The zero-order valence-corrected chi connectivity index (χ0v) is 33.8. The van der Waals surface area contributed by atoms with Crippen molar-refractivity contribution in [1.29, 1.82) is 0 Å². The number of aliphatic hydroxyl groups is 2. The maximum Gasteiger partial charge on any atom is 0.253 e. The third-order valence-corrected chi connectivity index (χ3v) is 12.4. The highest BCUT2D eigenvalue weighted by Crippen LogP contribution is 2.53. The zero-order chi connectivity index (χ0) is 43.3. The molecule has 3 fully saturated rings. The summed E-state index contributed by atoms with van der Waals surface area (Å²) in [5.41, 5.74) is -1.38. The number of fused-ring (bicyclic) bond motifs is 6. The summed E-state index contributed by atoms with van der Waals surface area (Å²) < 4.78 is 35.9. The number of nitrogens with zero attached hydrogens (tertiary/aromatic N) is 3. The number of carbonyl (C=O) groups excluding carboxylic acids is 5. The summed E-state index contributed by atoms with van der Waals surface area (Å²) >= 11 is 0. The SMILES string of the molecule is COc1cccc2c1C(=O)c1c(O)c3c(c(O)c1C2=O)C[C@@](O)(/C(CO)=N/NC(=O)CCCCCN1C(=O)C=CC1=O)C[C@@H]3O[C@H]1C[C@H]2[C@H](O[C@@H]3[C@@H](OC)OCCN32)[C@H](C)O1. The van der Waals surface area contributed by atoms with Crippen LogP contribution in [0.1, 0.15) is 94.5 Å². The zero-order valence-electron chi connectivity index (χ0n) is 33.8. The van der Waals surface area contributed by atoms with Gasteiger partial charge in [-0.3, -0.25) is 33.8 Å². The first-order valence-electron chi connectivity index (χ1n) is 20.3. The van der Waals surface area contributed by atoms with Crippen LogP contribution >= 0.6 is 0 Å². The number of imide groups is 1. The summed E-state index contributed by atoms with van der Waals surface area (Å²) in [7, 11) is 2.87. The first kappa shape index (κ1) is 42.6. The minimum atomic E-state index is -2.15. The Morgan fingerprint density at radius 3 is 2.48 bits per heavy atom. The van der Waals surface area contributed by atoms with Crippen molar-refractivity contribution in [2.75, 3.05) is 40.5 Å². The number of hydrazone groups is 1. The van der Waals surface area contributed by atoms with Crippen LogP contribution in [0.3, 0.4) is 0 Å². The van der Waals surface area contributed by atoms with Crippen LogP contribution in [0.2, 0.25) is 0 Å². The highest BCUT2D eigenvalue weighted by molar-refractivity contribution is 6.31. The summed E-state index contributed by atoms with van der Waals surface area (Å²) in [6.07, 6.45) is -1.26. The molecule has 8 atom stereocenters. The Morgan fingerprint density at radius 1 is 1.00 bits per heavy atom. The number of hydrogen-bond donors (Lipinski definition) is 5. The predicted molar refractivity (Wildman–Crippen MR) is 209 cm³/mol. The number of benzene rings is 2. The van der Waals surface area contributed by atoms with Gasteiger partial charge in [-0.2, -0.15) is 5.10 Å². The molecule has 5 N–H and O–H groups in total. The van der Waals surface area contributed by atoms with Gasteiger partial charge < -0.3 is 48.8 Å². The summed E-state index contributed by atoms with van der Waals surface area (Å²) in [5, 5.41) is 51.2. The Labute approximate surface area is 349 Å². The average Bonchev–Trinajstić information content (AvgIpc) is 3.79. The molecule has 3 amide bonds. The lowest BCUT2D eigenvalue weighted by molar-refractivity contribution is -0.255. The highest BCUT2D eigenvalue weighted by Gasteiger charge is 2.55. The molecule has 8 rings (SSSR count). The Kier molecular flexibility index (Phi) is 11.8. The largest absolute Gasteiger partial charge is 0.507 e. The molecule has 0 unspecified atom stereocenters. The van der Waals surface area contributed by atoms with Crippen LogP contribution in [-0.2, 0) is 44.5 Å². The second-order valence-corrected chi connectivity index (χ2v) is 15.9. The maximum atomic E-state index is 14.2. The van der Waals surface area contributed by atoms with E-state index in [9.17, 15) is 44.4 Å². The second kappa shape index (κ2) is 17.0. The number of aliphatic hydroxyl groups excluding tert-OH is 1. The van der Waals surface area contributed by atoms with E-state index in [0.29, 0.717) is 32.4 Å². The molecule has 61 heavy (non-hydrogen) atoms. The molecular weight excluding hydrogens is 800 g/mol. The lowest BCUT2D eigenvalue weighted by Crippen LogP contribution is -2.55. The van der Waals surface area contributed by atoms with Gasteiger partial charge in [-0.25, -0.2) is 5.43 Å².